The van der Waals surface area contributed by atoms with Crippen LogP contribution < -0.4 is 4.74 Å². The minimum absolute atomic E-state index is 0.574. The van der Waals surface area contributed by atoms with Crippen LogP contribution in [0, 0.1) is 13.8 Å². The summed E-state index contributed by atoms with van der Waals surface area (Å²) >= 11 is 0. The molecule has 0 N–H and O–H groups in total. The van der Waals surface area contributed by atoms with Crippen LogP contribution in [-0.4, -0.2) is 28.8 Å². The number of aromatic nitrogens is 1. The van der Waals surface area contributed by atoms with Crippen molar-refractivity contribution in [3.8, 4) is 5.75 Å². The topological polar surface area (TPSA) is 17.2 Å². The lowest BCUT2D eigenvalue weighted by Gasteiger charge is -2.34. The van der Waals surface area contributed by atoms with Gasteiger partial charge in [-0.3, -0.25) is 0 Å². The van der Waals surface area contributed by atoms with Gasteiger partial charge in [0.2, 0.25) is 0 Å². The van der Waals surface area contributed by atoms with Crippen molar-refractivity contribution in [1.82, 2.24) is 4.48 Å². The van der Waals surface area contributed by atoms with Gasteiger partial charge < -0.3 is 22.3 Å². The summed E-state index contributed by atoms with van der Waals surface area (Å²) in [6, 6.07) is 9.44. The molecule has 6 heteroatoms. The number of fused-ring (bicyclic) bond motifs is 2. The van der Waals surface area contributed by atoms with E-state index in [1.165, 1.54) is 8.96 Å². The molecule has 1 aromatic carbocycles. The van der Waals surface area contributed by atoms with Gasteiger partial charge in [-0.1, -0.05) is 12.1 Å². The van der Waals surface area contributed by atoms with E-state index in [1.807, 2.05) is 50.3 Å². The predicted octanol–water partition coefficient (Wildman–Crippen LogP) is 4.54. The molecule has 0 amide bonds. The van der Waals surface area contributed by atoms with Gasteiger partial charge in [-0.15, -0.1) is 0 Å². The fraction of sp³-hybridized carbons (Fsp3) is 0.250. The quantitative estimate of drug-likeness (QED) is 0.724. The van der Waals surface area contributed by atoms with Crippen molar-refractivity contribution >= 4 is 18.3 Å². The van der Waals surface area contributed by atoms with Crippen LogP contribution in [-0.2, 0) is 0 Å². The second kappa shape index (κ2) is 5.43. The van der Waals surface area contributed by atoms with Crippen LogP contribution in [0.1, 0.15) is 36.4 Å². The van der Waals surface area contributed by atoms with Crippen molar-refractivity contribution in [2.24, 2.45) is 0 Å². The maximum Gasteiger partial charge on any atom is 0.737 e. The molecule has 3 heterocycles. The van der Waals surface area contributed by atoms with Gasteiger partial charge in [0.25, 0.3) is 0 Å². The number of halogens is 2. The van der Waals surface area contributed by atoms with E-state index in [2.05, 4.69) is 0 Å². The van der Waals surface area contributed by atoms with Gasteiger partial charge in [-0.05, 0) is 55.8 Å². The largest absolute Gasteiger partial charge is 0.737 e. The Morgan fingerprint density at radius 3 is 2.31 bits per heavy atom. The third kappa shape index (κ3) is 2.08. The van der Waals surface area contributed by atoms with Gasteiger partial charge in [0.15, 0.2) is 5.70 Å². The fourth-order valence-corrected chi connectivity index (χ4v) is 4.33. The number of nitrogens with zero attached hydrogens (tertiary/aromatic N) is 2. The molecule has 2 aromatic rings. The van der Waals surface area contributed by atoms with Crippen LogP contribution >= 0.6 is 0 Å². The van der Waals surface area contributed by atoms with Gasteiger partial charge in [0.05, 0.1) is 12.7 Å². The van der Waals surface area contributed by atoms with E-state index in [9.17, 15) is 0 Å². The maximum absolute atomic E-state index is 15.5. The molecule has 0 spiro atoms. The fourth-order valence-electron chi connectivity index (χ4n) is 4.33. The van der Waals surface area contributed by atoms with E-state index in [4.69, 9.17) is 4.74 Å². The highest BCUT2D eigenvalue weighted by Gasteiger charge is 2.55. The minimum atomic E-state index is -3.93. The molecule has 0 atom stereocenters. The zero-order valence-electron chi connectivity index (χ0n) is 15.6. The van der Waals surface area contributed by atoms with E-state index >= 15 is 8.63 Å². The number of benzene rings is 1. The molecule has 0 bridgehead atoms. The van der Waals surface area contributed by atoms with E-state index in [1.54, 1.807) is 21.0 Å². The summed E-state index contributed by atoms with van der Waals surface area (Å²) in [5.41, 5.74) is 5.82. The van der Waals surface area contributed by atoms with Gasteiger partial charge >= 0.3 is 6.97 Å². The molecular weight excluding hydrogens is 333 g/mol. The molecule has 3 nitrogen and oxygen atoms in total. The number of methoxy groups -OCH3 is 1. The SMILES string of the molecule is COc1ccc(C2=C3C(C)=CC(C)=[N+]3[B-](F)(F)n3c(C)cc(C)c32)cc1. The molecule has 0 saturated carbocycles. The predicted molar refractivity (Wildman–Crippen MR) is 101 cm³/mol. The van der Waals surface area contributed by atoms with Gasteiger partial charge in [0.1, 0.15) is 11.5 Å². The molecule has 0 aliphatic carbocycles. The van der Waals surface area contributed by atoms with Crippen molar-refractivity contribution < 1.29 is 17.9 Å². The highest BCUT2D eigenvalue weighted by Crippen LogP contribution is 2.44. The summed E-state index contributed by atoms with van der Waals surface area (Å²) in [6.07, 6.45) is 1.84. The second-order valence-electron chi connectivity index (χ2n) is 7.07. The normalized spacial score (nSPS) is 18.0. The Hall–Kier alpha value is -2.63. The van der Waals surface area contributed by atoms with Crippen LogP contribution in [0.25, 0.3) is 5.57 Å². The molecular formula is C20H21BF2N2O. The highest BCUT2D eigenvalue weighted by molar-refractivity contribution is 6.58. The first-order valence-electron chi connectivity index (χ1n) is 8.69. The number of allylic oxidation sites excluding steroid dienone is 2. The number of rotatable bonds is 2. The molecule has 0 radical (unpaired) electrons. The molecule has 2 aliphatic heterocycles. The van der Waals surface area contributed by atoms with Crippen molar-refractivity contribution in [3.63, 3.8) is 0 Å². The molecule has 134 valence electrons. The van der Waals surface area contributed by atoms with E-state index < -0.39 is 6.97 Å². The first-order chi connectivity index (χ1) is 12.3. The van der Waals surface area contributed by atoms with Crippen molar-refractivity contribution in [2.75, 3.05) is 7.11 Å². The van der Waals surface area contributed by atoms with Gasteiger partial charge in [-0.25, -0.2) is 0 Å². The Labute approximate surface area is 152 Å². The molecule has 1 aromatic heterocycles. The third-order valence-corrected chi connectivity index (χ3v) is 5.31. The summed E-state index contributed by atoms with van der Waals surface area (Å²) < 4.78 is 38.7. The lowest BCUT2D eigenvalue weighted by molar-refractivity contribution is -0.363. The second-order valence-corrected chi connectivity index (χ2v) is 7.07. The lowest BCUT2D eigenvalue weighted by atomic mass is 9.84. The summed E-state index contributed by atoms with van der Waals surface area (Å²) in [7, 11) is 1.61. The summed E-state index contributed by atoms with van der Waals surface area (Å²) in [5.74, 6) is 0.742. The van der Waals surface area contributed by atoms with Crippen LogP contribution in [0.2, 0.25) is 0 Å². The number of hydrogen-bond donors (Lipinski definition) is 0. The Bertz CT molecular complexity index is 1030. The standard InChI is InChI=1S/C20H21BF2N2O/c1-12-10-14(3)24-19(12)18(16-6-8-17(26-5)9-7-16)20-13(2)11-15(4)25(20)21(24,22)23/h6-11H,1-5H3. The lowest BCUT2D eigenvalue weighted by Crippen LogP contribution is -2.51. The maximum atomic E-state index is 15.5. The molecule has 0 saturated heterocycles. The zero-order valence-corrected chi connectivity index (χ0v) is 15.6. The average molecular weight is 354 g/mol. The monoisotopic (exact) mass is 354 g/mol. The van der Waals surface area contributed by atoms with Crippen molar-refractivity contribution in [3.05, 3.63) is 70.2 Å². The van der Waals surface area contributed by atoms with Crippen molar-refractivity contribution in [1.29, 1.82) is 0 Å². The Morgan fingerprint density at radius 2 is 1.69 bits per heavy atom. The van der Waals surface area contributed by atoms with Crippen LogP contribution in [0.3, 0.4) is 0 Å². The Balaban J connectivity index is 2.12. The van der Waals surface area contributed by atoms with E-state index in [0.29, 0.717) is 22.8 Å². The summed E-state index contributed by atoms with van der Waals surface area (Å²) in [4.78, 5) is 0. The number of ether oxygens (including phenoxy) is 1. The van der Waals surface area contributed by atoms with Crippen LogP contribution in [0.15, 0.2) is 47.7 Å². The molecule has 0 fully saturated rings. The third-order valence-electron chi connectivity index (χ3n) is 5.31. The number of aryl methyl sites for hydroxylation is 2. The average Bonchev–Trinajstić information content (AvgIpc) is 3.05. The Kier molecular flexibility index (Phi) is 3.52. The minimum Gasteiger partial charge on any atom is -0.497 e. The van der Waals surface area contributed by atoms with Gasteiger partial charge in [-0.2, -0.15) is 0 Å². The number of hydrogen-bond acceptors (Lipinski definition) is 1. The van der Waals surface area contributed by atoms with Crippen molar-refractivity contribution in [2.45, 2.75) is 27.7 Å². The smallest absolute Gasteiger partial charge is 0.497 e. The molecule has 0 unspecified atom stereocenters. The zero-order chi connectivity index (χ0) is 18.8. The molecule has 2 aliphatic rings. The molecule has 26 heavy (non-hydrogen) atoms. The first kappa shape index (κ1) is 16.8. The van der Waals surface area contributed by atoms with Crippen LogP contribution in [0.4, 0.5) is 8.63 Å². The Morgan fingerprint density at radius 1 is 1.04 bits per heavy atom. The van der Waals surface area contributed by atoms with E-state index in [-0.39, 0.29) is 0 Å². The highest BCUT2D eigenvalue weighted by atomic mass is 19.2. The van der Waals surface area contributed by atoms with Crippen LogP contribution in [0.5, 0.6) is 5.75 Å². The molecule has 4 rings (SSSR count). The summed E-state index contributed by atoms with van der Waals surface area (Å²) in [5, 5.41) is 0. The van der Waals surface area contributed by atoms with Gasteiger partial charge in [0, 0.05) is 24.3 Å². The van der Waals surface area contributed by atoms with E-state index in [0.717, 1.165) is 28.0 Å². The summed E-state index contributed by atoms with van der Waals surface area (Å²) in [6.45, 7) is 3.36. The first-order valence-corrected chi connectivity index (χ1v) is 8.69.